The van der Waals surface area contributed by atoms with Crippen molar-refractivity contribution in [2.24, 2.45) is 0 Å². The van der Waals surface area contributed by atoms with Crippen LogP contribution in [0.25, 0.3) is 27.4 Å². The number of carbonyl (C=O) groups is 1. The Labute approximate surface area is 203 Å². The topological polar surface area (TPSA) is 84.2 Å². The zero-order valence-corrected chi connectivity index (χ0v) is 19.1. The molecule has 1 aliphatic heterocycles. The number of halogens is 1. The summed E-state index contributed by atoms with van der Waals surface area (Å²) >= 11 is 1.37. The molecule has 0 fully saturated rings. The highest BCUT2D eigenvalue weighted by Crippen LogP contribution is 2.47. The lowest BCUT2D eigenvalue weighted by Crippen LogP contribution is -2.21. The average molecular weight is 484 g/mol. The van der Waals surface area contributed by atoms with E-state index in [1.54, 1.807) is 10.8 Å². The Hall–Kier alpha value is -4.17. The molecule has 35 heavy (non-hydrogen) atoms. The molecule has 172 valence electrons. The molecule has 6 rings (SSSR count). The van der Waals surface area contributed by atoms with Gasteiger partial charge in [0.1, 0.15) is 11.4 Å². The molecule has 3 heterocycles. The maximum atomic E-state index is 15.4. The molecule has 0 atom stereocenters. The van der Waals surface area contributed by atoms with E-state index in [1.807, 2.05) is 54.6 Å². The monoisotopic (exact) mass is 483 g/mol. The quantitative estimate of drug-likeness (QED) is 0.337. The molecular formula is C27H18FN3O3S. The zero-order chi connectivity index (χ0) is 24.1. The Balaban J connectivity index is 1.57. The van der Waals surface area contributed by atoms with E-state index in [4.69, 9.17) is 0 Å². The third kappa shape index (κ3) is 3.54. The summed E-state index contributed by atoms with van der Waals surface area (Å²) < 4.78 is 17.1. The summed E-state index contributed by atoms with van der Waals surface area (Å²) in [5.74, 6) is -1.95. The molecule has 0 bridgehead atoms. The predicted octanol–water partition coefficient (Wildman–Crippen LogP) is 5.50. The first-order valence-electron chi connectivity index (χ1n) is 11.0. The lowest BCUT2D eigenvalue weighted by molar-refractivity contribution is 0.0695. The van der Waals surface area contributed by atoms with Gasteiger partial charge in [0, 0.05) is 35.9 Å². The van der Waals surface area contributed by atoms with Crippen molar-refractivity contribution < 1.29 is 14.3 Å². The van der Waals surface area contributed by atoms with Crippen molar-refractivity contribution in [1.29, 1.82) is 0 Å². The molecule has 0 amide bonds. The number of nitrogens with one attached hydrogen (secondary N) is 1. The minimum atomic E-state index is -1.35. The molecule has 0 saturated heterocycles. The summed E-state index contributed by atoms with van der Waals surface area (Å²) in [5.41, 5.74) is 1.31. The highest BCUT2D eigenvalue weighted by atomic mass is 32.2. The molecule has 2 N–H and O–H groups in total. The summed E-state index contributed by atoms with van der Waals surface area (Å²) in [6, 6.07) is 18.6. The number of carboxylic acids is 1. The van der Waals surface area contributed by atoms with Crippen molar-refractivity contribution in [2.45, 2.75) is 16.2 Å². The van der Waals surface area contributed by atoms with Gasteiger partial charge in [0.2, 0.25) is 5.43 Å². The van der Waals surface area contributed by atoms with Gasteiger partial charge in [0.15, 0.2) is 0 Å². The Morgan fingerprint density at radius 2 is 1.86 bits per heavy atom. The number of carboxylic acid groups (broad SMARTS) is 1. The first kappa shape index (κ1) is 21.4. The van der Waals surface area contributed by atoms with Crippen LogP contribution in [0.3, 0.4) is 0 Å². The van der Waals surface area contributed by atoms with Crippen LogP contribution in [0.2, 0.25) is 0 Å². The summed E-state index contributed by atoms with van der Waals surface area (Å²) in [5, 5.41) is 14.9. The van der Waals surface area contributed by atoms with Crippen LogP contribution in [0.15, 0.2) is 87.6 Å². The average Bonchev–Trinajstić information content (AvgIpc) is 2.86. The van der Waals surface area contributed by atoms with Crippen molar-refractivity contribution in [1.82, 2.24) is 9.55 Å². The molecule has 0 saturated carbocycles. The van der Waals surface area contributed by atoms with Crippen LogP contribution in [-0.4, -0.2) is 27.2 Å². The van der Waals surface area contributed by atoms with E-state index in [9.17, 15) is 14.7 Å². The third-order valence-electron chi connectivity index (χ3n) is 6.13. The third-order valence-corrected chi connectivity index (χ3v) is 7.28. The molecule has 8 heteroatoms. The molecule has 0 radical (unpaired) electrons. The fourth-order valence-electron chi connectivity index (χ4n) is 4.48. The molecule has 2 aromatic heterocycles. The molecular weight excluding hydrogens is 465 g/mol. The lowest BCUT2D eigenvalue weighted by atomic mass is 10.1. The second kappa shape index (κ2) is 8.25. The van der Waals surface area contributed by atoms with E-state index in [-0.39, 0.29) is 11.1 Å². The van der Waals surface area contributed by atoms with Crippen molar-refractivity contribution >= 4 is 45.1 Å². The van der Waals surface area contributed by atoms with Crippen LogP contribution in [-0.2, 0) is 6.42 Å². The molecule has 5 aromatic rings. The Kier molecular flexibility index (Phi) is 5.04. The SMILES string of the molecule is O=C(O)c1cn2c3c(c(NCCc4ccccn4)c(F)cc3c1=O)Sc1cc3ccccc3cc1-2. The zero-order valence-electron chi connectivity index (χ0n) is 18.3. The summed E-state index contributed by atoms with van der Waals surface area (Å²) in [6.07, 6.45) is 3.65. The van der Waals surface area contributed by atoms with Crippen LogP contribution < -0.4 is 10.7 Å². The normalized spacial score (nSPS) is 12.0. The second-order valence-electron chi connectivity index (χ2n) is 8.27. The van der Waals surface area contributed by atoms with Gasteiger partial charge >= 0.3 is 5.97 Å². The van der Waals surface area contributed by atoms with Gasteiger partial charge in [-0.3, -0.25) is 9.78 Å². The summed E-state index contributed by atoms with van der Waals surface area (Å²) in [4.78, 5) is 30.6. The maximum absolute atomic E-state index is 15.4. The highest BCUT2D eigenvalue weighted by Gasteiger charge is 2.27. The Morgan fingerprint density at radius 3 is 2.60 bits per heavy atom. The lowest BCUT2D eigenvalue weighted by Gasteiger charge is -2.26. The Morgan fingerprint density at radius 1 is 1.09 bits per heavy atom. The number of hydrogen-bond acceptors (Lipinski definition) is 5. The van der Waals surface area contributed by atoms with E-state index in [0.717, 1.165) is 33.1 Å². The van der Waals surface area contributed by atoms with Gasteiger partial charge in [-0.2, -0.15) is 0 Å². The number of hydrogen-bond donors (Lipinski definition) is 2. The number of aromatic carboxylic acids is 1. The first-order chi connectivity index (χ1) is 17.0. The van der Waals surface area contributed by atoms with Gasteiger partial charge < -0.3 is 15.0 Å². The first-order valence-corrected chi connectivity index (χ1v) is 11.8. The maximum Gasteiger partial charge on any atom is 0.341 e. The molecule has 0 unspecified atom stereocenters. The molecule has 0 aliphatic carbocycles. The van der Waals surface area contributed by atoms with Gasteiger partial charge in [0.25, 0.3) is 0 Å². The number of fused-ring (bicyclic) bond motifs is 3. The number of nitrogens with zero attached hydrogens (tertiary/aromatic N) is 2. The second-order valence-corrected chi connectivity index (χ2v) is 9.32. The minimum Gasteiger partial charge on any atom is -0.477 e. The van der Waals surface area contributed by atoms with Gasteiger partial charge in [-0.1, -0.05) is 42.1 Å². The largest absolute Gasteiger partial charge is 0.477 e. The summed E-state index contributed by atoms with van der Waals surface area (Å²) in [6.45, 7) is 0.440. The van der Waals surface area contributed by atoms with E-state index >= 15 is 4.39 Å². The van der Waals surface area contributed by atoms with Crippen LogP contribution in [0.5, 0.6) is 0 Å². The van der Waals surface area contributed by atoms with Gasteiger partial charge in [-0.05, 0) is 41.1 Å². The van der Waals surface area contributed by atoms with Crippen LogP contribution in [0.1, 0.15) is 16.1 Å². The molecule has 3 aromatic carbocycles. The van der Waals surface area contributed by atoms with Crippen LogP contribution in [0, 0.1) is 5.82 Å². The van der Waals surface area contributed by atoms with E-state index in [1.165, 1.54) is 18.0 Å². The van der Waals surface area contributed by atoms with Crippen molar-refractivity contribution in [3.05, 3.63) is 100 Å². The number of benzene rings is 3. The molecule has 1 aliphatic rings. The molecule has 6 nitrogen and oxygen atoms in total. The fourth-order valence-corrected chi connectivity index (χ4v) is 5.73. The number of pyridine rings is 2. The van der Waals surface area contributed by atoms with Crippen molar-refractivity contribution in [2.75, 3.05) is 11.9 Å². The standard InChI is InChI=1S/C27H18FN3O3S/c28-20-13-18-24-26(23(20)30-10-8-17-7-3-4-9-29-17)35-22-12-16-6-2-1-5-15(16)11-21(22)31(24)14-19(25(18)32)27(33)34/h1-7,9,11-14,30H,8,10H2,(H,33,34). The number of anilines is 1. The van der Waals surface area contributed by atoms with Crippen molar-refractivity contribution in [3.8, 4) is 5.69 Å². The van der Waals surface area contributed by atoms with Crippen LogP contribution in [0.4, 0.5) is 10.1 Å². The van der Waals surface area contributed by atoms with Gasteiger partial charge in [0.05, 0.1) is 27.2 Å². The van der Waals surface area contributed by atoms with Crippen LogP contribution >= 0.6 is 11.8 Å². The minimum absolute atomic E-state index is 0.0407. The predicted molar refractivity (Wildman–Crippen MR) is 135 cm³/mol. The van der Waals surface area contributed by atoms with Gasteiger partial charge in [-0.15, -0.1) is 0 Å². The molecule has 0 spiro atoms. The number of rotatable bonds is 5. The van der Waals surface area contributed by atoms with E-state index < -0.39 is 22.8 Å². The number of aromatic nitrogens is 2. The Bertz CT molecular complexity index is 1720. The van der Waals surface area contributed by atoms with E-state index in [0.29, 0.717) is 23.4 Å². The van der Waals surface area contributed by atoms with E-state index in [2.05, 4.69) is 10.3 Å². The smallest absolute Gasteiger partial charge is 0.341 e. The summed E-state index contributed by atoms with van der Waals surface area (Å²) in [7, 11) is 0. The van der Waals surface area contributed by atoms with Gasteiger partial charge in [-0.25, -0.2) is 9.18 Å². The van der Waals surface area contributed by atoms with Crippen molar-refractivity contribution in [3.63, 3.8) is 0 Å². The highest BCUT2D eigenvalue weighted by molar-refractivity contribution is 8.00. The fraction of sp³-hybridized carbons (Fsp3) is 0.0741.